The molecule has 0 unspecified atom stereocenters. The molecule has 0 saturated carbocycles. The summed E-state index contributed by atoms with van der Waals surface area (Å²) in [6, 6.07) is 3.69. The first-order valence-electron chi connectivity index (χ1n) is 7.18. The smallest absolute Gasteiger partial charge is 0.222 e. The molecule has 0 aliphatic heterocycles. The molecule has 0 fully saturated rings. The van der Waals surface area contributed by atoms with E-state index in [4.69, 9.17) is 10.5 Å². The number of ether oxygens (including phenoxy) is 1. The number of aromatic nitrogens is 3. The quantitative estimate of drug-likeness (QED) is 0.874. The van der Waals surface area contributed by atoms with Gasteiger partial charge in [0.15, 0.2) is 0 Å². The summed E-state index contributed by atoms with van der Waals surface area (Å²) >= 11 is 0. The molecule has 0 saturated heterocycles. The number of primary amides is 1. The molecule has 0 aromatic carbocycles. The minimum atomic E-state index is -0.277. The summed E-state index contributed by atoms with van der Waals surface area (Å²) in [7, 11) is 1.58. The van der Waals surface area contributed by atoms with E-state index in [0.717, 1.165) is 17.8 Å². The van der Waals surface area contributed by atoms with Gasteiger partial charge in [-0.25, -0.2) is 9.97 Å². The maximum Gasteiger partial charge on any atom is 0.222 e. The van der Waals surface area contributed by atoms with Crippen LogP contribution < -0.4 is 10.5 Å². The van der Waals surface area contributed by atoms with Gasteiger partial charge in [0.05, 0.1) is 19.1 Å². The SMILES string of the molecule is COc1cc(-c2nccn2[C@@H]2CC=CC[C@H]2C(N)=O)ccn1. The molecular weight excluding hydrogens is 280 g/mol. The minimum Gasteiger partial charge on any atom is -0.481 e. The first-order valence-corrected chi connectivity index (χ1v) is 7.18. The van der Waals surface area contributed by atoms with Crippen molar-refractivity contribution in [3.8, 4) is 17.3 Å². The Bertz CT molecular complexity index is 708. The van der Waals surface area contributed by atoms with Crippen LogP contribution in [0.25, 0.3) is 11.4 Å². The summed E-state index contributed by atoms with van der Waals surface area (Å²) < 4.78 is 7.19. The Labute approximate surface area is 128 Å². The average Bonchev–Trinajstić information content (AvgIpc) is 3.04. The molecule has 0 spiro atoms. The number of hydrogen-bond acceptors (Lipinski definition) is 4. The van der Waals surface area contributed by atoms with Crippen LogP contribution in [-0.2, 0) is 4.79 Å². The number of allylic oxidation sites excluding steroid dienone is 2. The molecule has 6 heteroatoms. The molecule has 1 amide bonds. The molecule has 2 atom stereocenters. The van der Waals surface area contributed by atoms with E-state index in [1.165, 1.54) is 0 Å². The van der Waals surface area contributed by atoms with Crippen LogP contribution in [0.2, 0.25) is 0 Å². The van der Waals surface area contributed by atoms with Gasteiger partial charge in [-0.3, -0.25) is 4.79 Å². The average molecular weight is 298 g/mol. The van der Waals surface area contributed by atoms with E-state index in [2.05, 4.69) is 16.0 Å². The second kappa shape index (κ2) is 6.01. The van der Waals surface area contributed by atoms with E-state index in [-0.39, 0.29) is 17.9 Å². The van der Waals surface area contributed by atoms with Crippen LogP contribution in [0.4, 0.5) is 0 Å². The summed E-state index contributed by atoms with van der Waals surface area (Å²) in [5.74, 6) is 0.817. The van der Waals surface area contributed by atoms with Crippen molar-refractivity contribution in [3.05, 3.63) is 42.9 Å². The van der Waals surface area contributed by atoms with Crippen LogP contribution in [0.5, 0.6) is 5.88 Å². The van der Waals surface area contributed by atoms with Gasteiger partial charge in [-0.2, -0.15) is 0 Å². The van der Waals surface area contributed by atoms with E-state index in [9.17, 15) is 4.79 Å². The van der Waals surface area contributed by atoms with Crippen LogP contribution in [0.15, 0.2) is 42.9 Å². The summed E-state index contributed by atoms with van der Waals surface area (Å²) in [6.45, 7) is 0. The molecule has 0 bridgehead atoms. The molecule has 22 heavy (non-hydrogen) atoms. The highest BCUT2D eigenvalue weighted by Gasteiger charge is 2.30. The third-order valence-corrected chi connectivity index (χ3v) is 3.99. The fraction of sp³-hybridized carbons (Fsp3) is 0.312. The maximum atomic E-state index is 11.7. The predicted octanol–water partition coefficient (Wildman–Crippen LogP) is 1.95. The van der Waals surface area contributed by atoms with E-state index in [1.807, 2.05) is 29.0 Å². The number of imidazole rings is 1. The van der Waals surface area contributed by atoms with Crippen LogP contribution >= 0.6 is 0 Å². The van der Waals surface area contributed by atoms with E-state index in [1.54, 1.807) is 19.5 Å². The van der Waals surface area contributed by atoms with Gasteiger partial charge >= 0.3 is 0 Å². The van der Waals surface area contributed by atoms with Crippen molar-refractivity contribution < 1.29 is 9.53 Å². The third kappa shape index (κ3) is 2.59. The second-order valence-corrected chi connectivity index (χ2v) is 5.26. The summed E-state index contributed by atoms with van der Waals surface area (Å²) in [6.07, 6.45) is 10.8. The van der Waals surface area contributed by atoms with E-state index in [0.29, 0.717) is 12.3 Å². The molecule has 1 aliphatic carbocycles. The zero-order valence-electron chi connectivity index (χ0n) is 12.3. The minimum absolute atomic E-state index is 0.0147. The number of pyridine rings is 1. The van der Waals surface area contributed by atoms with Gasteiger partial charge in [-0.05, 0) is 18.9 Å². The van der Waals surface area contributed by atoms with Crippen molar-refractivity contribution in [2.24, 2.45) is 11.7 Å². The van der Waals surface area contributed by atoms with Crippen molar-refractivity contribution in [1.82, 2.24) is 14.5 Å². The molecule has 2 heterocycles. The Kier molecular flexibility index (Phi) is 3.91. The summed E-state index contributed by atoms with van der Waals surface area (Å²) in [5, 5.41) is 0. The lowest BCUT2D eigenvalue weighted by Gasteiger charge is -2.28. The normalized spacial score (nSPS) is 20.8. The molecule has 0 radical (unpaired) electrons. The fourth-order valence-electron chi connectivity index (χ4n) is 2.88. The van der Waals surface area contributed by atoms with Crippen molar-refractivity contribution in [2.45, 2.75) is 18.9 Å². The number of carbonyl (C=O) groups excluding carboxylic acids is 1. The highest BCUT2D eigenvalue weighted by Crippen LogP contribution is 2.33. The number of rotatable bonds is 4. The second-order valence-electron chi connectivity index (χ2n) is 5.26. The molecule has 6 nitrogen and oxygen atoms in total. The van der Waals surface area contributed by atoms with Gasteiger partial charge in [0.2, 0.25) is 11.8 Å². The monoisotopic (exact) mass is 298 g/mol. The van der Waals surface area contributed by atoms with E-state index < -0.39 is 0 Å². The van der Waals surface area contributed by atoms with Gasteiger partial charge in [-0.1, -0.05) is 12.2 Å². The number of nitrogens with zero attached hydrogens (tertiary/aromatic N) is 3. The zero-order chi connectivity index (χ0) is 15.5. The summed E-state index contributed by atoms with van der Waals surface area (Å²) in [4.78, 5) is 20.3. The van der Waals surface area contributed by atoms with Crippen LogP contribution in [0.3, 0.4) is 0 Å². The Balaban J connectivity index is 2.01. The number of amides is 1. The van der Waals surface area contributed by atoms with Crippen molar-refractivity contribution >= 4 is 5.91 Å². The highest BCUT2D eigenvalue weighted by molar-refractivity contribution is 5.77. The molecule has 2 aromatic heterocycles. The van der Waals surface area contributed by atoms with Gasteiger partial charge in [0.1, 0.15) is 5.82 Å². The lowest BCUT2D eigenvalue weighted by molar-refractivity contribution is -0.123. The van der Waals surface area contributed by atoms with Crippen molar-refractivity contribution in [3.63, 3.8) is 0 Å². The molecule has 3 rings (SSSR count). The topological polar surface area (TPSA) is 83.0 Å². The number of methoxy groups -OCH3 is 1. The molecule has 2 N–H and O–H groups in total. The van der Waals surface area contributed by atoms with Crippen LogP contribution in [0.1, 0.15) is 18.9 Å². The summed E-state index contributed by atoms with van der Waals surface area (Å²) in [5.41, 5.74) is 6.46. The molecule has 114 valence electrons. The zero-order valence-corrected chi connectivity index (χ0v) is 12.3. The maximum absolute atomic E-state index is 11.7. The predicted molar refractivity (Wildman–Crippen MR) is 82.1 cm³/mol. The molecule has 1 aliphatic rings. The molecule has 2 aromatic rings. The lowest BCUT2D eigenvalue weighted by atomic mass is 9.88. The van der Waals surface area contributed by atoms with Crippen LogP contribution in [0, 0.1) is 5.92 Å². The Morgan fingerprint density at radius 2 is 2.14 bits per heavy atom. The Morgan fingerprint density at radius 3 is 2.91 bits per heavy atom. The number of carbonyl (C=O) groups is 1. The van der Waals surface area contributed by atoms with Crippen molar-refractivity contribution in [1.29, 1.82) is 0 Å². The Morgan fingerprint density at radius 1 is 1.32 bits per heavy atom. The molecular formula is C16H18N4O2. The van der Waals surface area contributed by atoms with Crippen molar-refractivity contribution in [2.75, 3.05) is 7.11 Å². The largest absolute Gasteiger partial charge is 0.481 e. The third-order valence-electron chi connectivity index (χ3n) is 3.99. The number of nitrogens with two attached hydrogens (primary N) is 1. The lowest BCUT2D eigenvalue weighted by Crippen LogP contribution is -2.32. The number of hydrogen-bond donors (Lipinski definition) is 1. The first kappa shape index (κ1) is 14.3. The fourth-order valence-corrected chi connectivity index (χ4v) is 2.88. The van der Waals surface area contributed by atoms with Gasteiger partial charge < -0.3 is 15.0 Å². The standard InChI is InChI=1S/C16H18N4O2/c1-22-14-10-11(6-7-18-14)16-19-8-9-20(16)13-5-3-2-4-12(13)15(17)21/h2-3,6-10,12-13H,4-5H2,1H3,(H2,17,21)/t12-,13-/m1/s1. The highest BCUT2D eigenvalue weighted by atomic mass is 16.5. The van der Waals surface area contributed by atoms with Crippen LogP contribution in [-0.4, -0.2) is 27.6 Å². The Hall–Kier alpha value is -2.63. The van der Waals surface area contributed by atoms with Gasteiger partial charge in [0.25, 0.3) is 0 Å². The van der Waals surface area contributed by atoms with E-state index >= 15 is 0 Å². The van der Waals surface area contributed by atoms with Gasteiger partial charge in [0, 0.05) is 30.2 Å². The first-order chi connectivity index (χ1) is 10.7. The van der Waals surface area contributed by atoms with Gasteiger partial charge in [-0.15, -0.1) is 0 Å².